The van der Waals surface area contributed by atoms with Gasteiger partial charge in [0, 0.05) is 5.69 Å². The fraction of sp³-hybridized carbons (Fsp3) is 0.364. The molecule has 0 aliphatic carbocycles. The Labute approximate surface area is 170 Å². The highest BCUT2D eigenvalue weighted by Crippen LogP contribution is 2.17. The molecule has 0 aliphatic heterocycles. The zero-order valence-electron chi connectivity index (χ0n) is 16.6. The highest BCUT2D eigenvalue weighted by atomic mass is 16.5. The van der Waals surface area contributed by atoms with Crippen molar-refractivity contribution in [1.82, 2.24) is 4.90 Å². The summed E-state index contributed by atoms with van der Waals surface area (Å²) in [5.74, 6) is 0.685. The van der Waals surface area contributed by atoms with Crippen LogP contribution in [0.1, 0.15) is 31.7 Å². The van der Waals surface area contributed by atoms with E-state index in [1.807, 2.05) is 6.07 Å². The Morgan fingerprint density at radius 2 is 1.72 bits per heavy atom. The number of hydrogen-bond acceptors (Lipinski definition) is 4. The van der Waals surface area contributed by atoms with Gasteiger partial charge in [0.05, 0.1) is 19.3 Å². The van der Waals surface area contributed by atoms with Gasteiger partial charge in [-0.15, -0.1) is 0 Å². The molecule has 2 rings (SSSR count). The van der Waals surface area contributed by atoms with Crippen molar-refractivity contribution in [2.24, 2.45) is 0 Å². The number of imide groups is 1. The van der Waals surface area contributed by atoms with E-state index in [1.54, 1.807) is 24.3 Å². The first-order valence-electron chi connectivity index (χ1n) is 9.72. The molecule has 0 aliphatic rings. The number of anilines is 1. The van der Waals surface area contributed by atoms with Crippen LogP contribution in [0.2, 0.25) is 0 Å². The highest BCUT2D eigenvalue weighted by Gasteiger charge is 2.26. The van der Waals surface area contributed by atoms with E-state index in [-0.39, 0.29) is 0 Å². The number of nitrogens with zero attached hydrogens (tertiary/aromatic N) is 1. The number of carbonyl (C=O) groups excluding carboxylic acids is 1. The quantitative estimate of drug-likeness (QED) is 0.514. The second-order valence-corrected chi connectivity index (χ2v) is 6.78. The van der Waals surface area contributed by atoms with E-state index in [2.05, 4.69) is 29.6 Å². The number of unbranched alkanes of at least 4 members (excludes halogenated alkanes) is 2. The van der Waals surface area contributed by atoms with Crippen molar-refractivity contribution in [2.75, 3.05) is 18.5 Å². The summed E-state index contributed by atoms with van der Waals surface area (Å²) in [6.45, 7) is 1.61. The van der Waals surface area contributed by atoms with Gasteiger partial charge < -0.3 is 20.3 Å². The molecular formula is C22H28N2O5. The van der Waals surface area contributed by atoms with Gasteiger partial charge in [-0.25, -0.2) is 14.5 Å². The summed E-state index contributed by atoms with van der Waals surface area (Å²) in [7, 11) is 0. The summed E-state index contributed by atoms with van der Waals surface area (Å²) >= 11 is 0. The Hall–Kier alpha value is -3.06. The molecule has 3 amide bonds. The van der Waals surface area contributed by atoms with Gasteiger partial charge in [-0.3, -0.25) is 0 Å². The first kappa shape index (κ1) is 22.2. The van der Waals surface area contributed by atoms with Gasteiger partial charge in [-0.2, -0.15) is 0 Å². The van der Waals surface area contributed by atoms with Crippen LogP contribution in [0, 0.1) is 0 Å². The third kappa shape index (κ3) is 7.46. The number of benzene rings is 2. The van der Waals surface area contributed by atoms with Crippen LogP contribution in [0.25, 0.3) is 0 Å². The molecule has 2 aromatic carbocycles. The maximum atomic E-state index is 12.1. The van der Waals surface area contributed by atoms with Crippen molar-refractivity contribution in [1.29, 1.82) is 0 Å². The molecule has 0 saturated heterocycles. The summed E-state index contributed by atoms with van der Waals surface area (Å²) in [5.41, 5.74) is 1.79. The van der Waals surface area contributed by atoms with Crippen molar-refractivity contribution in [2.45, 2.75) is 38.6 Å². The smallest absolute Gasteiger partial charge is 0.415 e. The number of carbonyl (C=O) groups is 2. The molecule has 156 valence electrons. The van der Waals surface area contributed by atoms with Crippen molar-refractivity contribution < 1.29 is 24.5 Å². The number of aliphatic hydroxyl groups is 1. The number of hydrogen-bond donors (Lipinski definition) is 3. The zero-order valence-corrected chi connectivity index (χ0v) is 16.6. The van der Waals surface area contributed by atoms with E-state index in [0.717, 1.165) is 25.7 Å². The molecule has 0 heterocycles. The number of aliphatic hydroxyl groups excluding tert-OH is 1. The van der Waals surface area contributed by atoms with Crippen LogP contribution in [-0.4, -0.2) is 46.5 Å². The second kappa shape index (κ2) is 11.7. The largest absolute Gasteiger partial charge is 0.494 e. The fourth-order valence-electron chi connectivity index (χ4n) is 2.82. The van der Waals surface area contributed by atoms with Gasteiger partial charge in [0.2, 0.25) is 0 Å². The number of rotatable bonds is 10. The first-order chi connectivity index (χ1) is 14.0. The summed E-state index contributed by atoms with van der Waals surface area (Å²) in [4.78, 5) is 23.9. The average molecular weight is 400 g/mol. The van der Waals surface area contributed by atoms with Crippen molar-refractivity contribution in [3.8, 4) is 5.75 Å². The van der Waals surface area contributed by atoms with Crippen molar-refractivity contribution >= 4 is 17.8 Å². The monoisotopic (exact) mass is 400 g/mol. The van der Waals surface area contributed by atoms with Crippen LogP contribution in [0.15, 0.2) is 54.6 Å². The third-order valence-corrected chi connectivity index (χ3v) is 4.46. The van der Waals surface area contributed by atoms with Gasteiger partial charge in [-0.05, 0) is 62.4 Å². The fourth-order valence-corrected chi connectivity index (χ4v) is 2.82. The molecule has 0 spiro atoms. The van der Waals surface area contributed by atoms with E-state index in [4.69, 9.17) is 14.9 Å². The highest BCUT2D eigenvalue weighted by molar-refractivity contribution is 5.98. The van der Waals surface area contributed by atoms with Crippen LogP contribution < -0.4 is 10.1 Å². The maximum Gasteiger partial charge on any atom is 0.415 e. The normalized spacial score (nSPS) is 11.5. The molecule has 1 unspecified atom stereocenters. The third-order valence-electron chi connectivity index (χ3n) is 4.46. The number of ether oxygens (including phenoxy) is 1. The van der Waals surface area contributed by atoms with E-state index in [1.165, 1.54) is 12.5 Å². The van der Waals surface area contributed by atoms with Crippen molar-refractivity contribution in [3.05, 3.63) is 60.2 Å². The van der Waals surface area contributed by atoms with Gasteiger partial charge in [0.15, 0.2) is 0 Å². The minimum atomic E-state index is -1.42. The summed E-state index contributed by atoms with van der Waals surface area (Å²) < 4.78 is 5.71. The van der Waals surface area contributed by atoms with Gasteiger partial charge in [0.25, 0.3) is 0 Å². The van der Waals surface area contributed by atoms with Crippen LogP contribution >= 0.6 is 0 Å². The number of urea groups is 1. The predicted molar refractivity (Wildman–Crippen MR) is 111 cm³/mol. The summed E-state index contributed by atoms with van der Waals surface area (Å²) in [5, 5.41) is 20.7. The maximum absolute atomic E-state index is 12.1. The summed E-state index contributed by atoms with van der Waals surface area (Å²) in [6.07, 6.45) is 2.80. The molecule has 7 heteroatoms. The van der Waals surface area contributed by atoms with Crippen LogP contribution in [-0.2, 0) is 6.42 Å². The van der Waals surface area contributed by atoms with Gasteiger partial charge >= 0.3 is 12.1 Å². The molecule has 0 bridgehead atoms. The van der Waals surface area contributed by atoms with Gasteiger partial charge in [-0.1, -0.05) is 30.3 Å². The molecule has 1 atom stereocenters. The topological polar surface area (TPSA) is 99.1 Å². The Morgan fingerprint density at radius 3 is 2.34 bits per heavy atom. The summed E-state index contributed by atoms with van der Waals surface area (Å²) in [6, 6.07) is 15.5. The predicted octanol–water partition coefficient (Wildman–Crippen LogP) is 4.37. The molecule has 0 saturated carbocycles. The van der Waals surface area contributed by atoms with E-state index >= 15 is 0 Å². The lowest BCUT2D eigenvalue weighted by Gasteiger charge is -2.23. The molecule has 7 nitrogen and oxygen atoms in total. The lowest BCUT2D eigenvalue weighted by molar-refractivity contribution is 0.120. The van der Waals surface area contributed by atoms with Crippen molar-refractivity contribution in [3.63, 3.8) is 0 Å². The molecule has 2 aromatic rings. The first-order valence-corrected chi connectivity index (χ1v) is 9.72. The minimum absolute atomic E-state index is 0.446. The standard InChI is InChI=1S/C22H28N2O5/c1-17(16-25)24(22(27)28)21(26)23-19-11-13-20(14-12-19)29-15-7-3-6-10-18-8-4-2-5-9-18/h2,4-5,8-9,11-14,17,25H,3,6-7,10,15-16H2,1H3,(H,23,26)(H,27,28). The lowest BCUT2D eigenvalue weighted by Crippen LogP contribution is -2.46. The number of nitrogens with one attached hydrogen (secondary N) is 1. The molecule has 29 heavy (non-hydrogen) atoms. The van der Waals surface area contributed by atoms with Crippen LogP contribution in [0.5, 0.6) is 5.75 Å². The molecule has 0 aromatic heterocycles. The molecular weight excluding hydrogens is 372 g/mol. The Bertz CT molecular complexity index is 765. The SMILES string of the molecule is CC(CO)N(C(=O)O)C(=O)Nc1ccc(OCCCCCc2ccccc2)cc1. The van der Waals surface area contributed by atoms with Gasteiger partial charge in [0.1, 0.15) is 5.75 Å². The van der Waals surface area contributed by atoms with E-state index < -0.39 is 24.8 Å². The number of aryl methyl sites for hydroxylation is 1. The second-order valence-electron chi connectivity index (χ2n) is 6.78. The van der Waals surface area contributed by atoms with Crippen LogP contribution in [0.3, 0.4) is 0 Å². The Morgan fingerprint density at radius 1 is 1.03 bits per heavy atom. The molecule has 3 N–H and O–H groups in total. The molecule has 0 fully saturated rings. The Balaban J connectivity index is 1.71. The number of carboxylic acid groups (broad SMARTS) is 1. The lowest BCUT2D eigenvalue weighted by atomic mass is 10.1. The minimum Gasteiger partial charge on any atom is -0.494 e. The number of amides is 3. The molecule has 0 radical (unpaired) electrons. The van der Waals surface area contributed by atoms with E-state index in [9.17, 15) is 9.59 Å². The zero-order chi connectivity index (χ0) is 21.1. The van der Waals surface area contributed by atoms with Crippen LogP contribution in [0.4, 0.5) is 15.3 Å². The van der Waals surface area contributed by atoms with E-state index in [0.29, 0.717) is 22.9 Å². The Kier molecular flexibility index (Phi) is 8.98. The average Bonchev–Trinajstić information content (AvgIpc) is 2.72.